The molecule has 0 aromatic rings. The molecule has 0 radical (unpaired) electrons. The van der Waals surface area contributed by atoms with Gasteiger partial charge < -0.3 is 9.64 Å². The SMILES string of the molecule is CCCC/C=C/CC(=O)N(C)[C@](CCCC)(CCSCC)C(=O)OC. The molecule has 1 atom stereocenters. The highest BCUT2D eigenvalue weighted by Gasteiger charge is 2.44. The largest absolute Gasteiger partial charge is 0.467 e. The van der Waals surface area contributed by atoms with Crippen LogP contribution < -0.4 is 0 Å². The first-order chi connectivity index (χ1) is 12.0. The number of hydrogen-bond acceptors (Lipinski definition) is 4. The lowest BCUT2D eigenvalue weighted by molar-refractivity contribution is -0.161. The van der Waals surface area contributed by atoms with E-state index in [-0.39, 0.29) is 11.9 Å². The third-order valence-corrected chi connectivity index (χ3v) is 5.47. The molecular formula is C20H37NO3S. The average molecular weight is 372 g/mol. The molecule has 146 valence electrons. The fourth-order valence-electron chi connectivity index (χ4n) is 2.85. The van der Waals surface area contributed by atoms with E-state index >= 15 is 0 Å². The second-order valence-electron chi connectivity index (χ2n) is 6.34. The number of hydrogen-bond donors (Lipinski definition) is 0. The molecule has 0 fully saturated rings. The predicted molar refractivity (Wildman–Crippen MR) is 108 cm³/mol. The van der Waals surface area contributed by atoms with Crippen molar-refractivity contribution in [3.8, 4) is 0 Å². The first kappa shape index (κ1) is 24.0. The molecule has 0 N–H and O–H groups in total. The predicted octanol–water partition coefficient (Wildman–Crippen LogP) is 4.83. The molecule has 5 heteroatoms. The number of carbonyl (C=O) groups excluding carboxylic acids is 2. The number of amides is 1. The minimum atomic E-state index is -0.846. The van der Waals surface area contributed by atoms with Crippen molar-refractivity contribution in [3.05, 3.63) is 12.2 Å². The van der Waals surface area contributed by atoms with Gasteiger partial charge in [-0.2, -0.15) is 11.8 Å². The molecule has 1 amide bonds. The molecule has 0 saturated heterocycles. The van der Waals surface area contributed by atoms with E-state index in [1.54, 1.807) is 23.7 Å². The second-order valence-corrected chi connectivity index (χ2v) is 7.74. The molecule has 25 heavy (non-hydrogen) atoms. The normalized spacial score (nSPS) is 13.6. The number of allylic oxidation sites excluding steroid dienone is 1. The highest BCUT2D eigenvalue weighted by molar-refractivity contribution is 7.99. The number of ether oxygens (including phenoxy) is 1. The average Bonchev–Trinajstić information content (AvgIpc) is 2.63. The van der Waals surface area contributed by atoms with E-state index in [0.717, 1.165) is 43.6 Å². The maximum Gasteiger partial charge on any atom is 0.331 e. The molecule has 0 aliphatic rings. The van der Waals surface area contributed by atoms with Crippen LogP contribution in [0.5, 0.6) is 0 Å². The van der Waals surface area contributed by atoms with Gasteiger partial charge in [-0.1, -0.05) is 58.6 Å². The molecule has 0 bridgehead atoms. The number of methoxy groups -OCH3 is 1. The summed E-state index contributed by atoms with van der Waals surface area (Å²) < 4.78 is 5.11. The van der Waals surface area contributed by atoms with Crippen molar-refractivity contribution in [3.63, 3.8) is 0 Å². The van der Waals surface area contributed by atoms with E-state index in [2.05, 4.69) is 26.8 Å². The number of likely N-dealkylation sites (N-methyl/N-ethyl adjacent to an activating group) is 1. The van der Waals surface area contributed by atoms with Crippen molar-refractivity contribution in [2.45, 2.75) is 77.7 Å². The molecule has 0 unspecified atom stereocenters. The summed E-state index contributed by atoms with van der Waals surface area (Å²) in [6.07, 6.45) is 10.8. The summed E-state index contributed by atoms with van der Waals surface area (Å²) in [5.41, 5.74) is -0.846. The molecule has 0 aliphatic carbocycles. The zero-order chi connectivity index (χ0) is 19.1. The fourth-order valence-corrected chi connectivity index (χ4v) is 3.62. The summed E-state index contributed by atoms with van der Waals surface area (Å²) >= 11 is 1.79. The number of carbonyl (C=O) groups is 2. The van der Waals surface area contributed by atoms with Gasteiger partial charge in [0.2, 0.25) is 5.91 Å². The molecular weight excluding hydrogens is 334 g/mol. The zero-order valence-corrected chi connectivity index (χ0v) is 17.6. The Morgan fingerprint density at radius 3 is 2.32 bits per heavy atom. The lowest BCUT2D eigenvalue weighted by Gasteiger charge is -2.39. The summed E-state index contributed by atoms with van der Waals surface area (Å²) in [6, 6.07) is 0. The number of unbranched alkanes of at least 4 members (excludes halogenated alkanes) is 3. The zero-order valence-electron chi connectivity index (χ0n) is 16.8. The summed E-state index contributed by atoms with van der Waals surface area (Å²) in [4.78, 5) is 27.0. The minimum absolute atomic E-state index is 0.0178. The topological polar surface area (TPSA) is 46.6 Å². The lowest BCUT2D eigenvalue weighted by Crippen LogP contribution is -2.56. The van der Waals surface area contributed by atoms with Crippen molar-refractivity contribution >= 4 is 23.6 Å². The van der Waals surface area contributed by atoms with Crippen LogP contribution in [0.25, 0.3) is 0 Å². The quantitative estimate of drug-likeness (QED) is 0.249. The Kier molecular flexibility index (Phi) is 13.7. The Morgan fingerprint density at radius 2 is 1.76 bits per heavy atom. The van der Waals surface area contributed by atoms with Gasteiger partial charge in [0.1, 0.15) is 5.54 Å². The highest BCUT2D eigenvalue weighted by Crippen LogP contribution is 2.29. The Labute approximate surface area is 158 Å². The van der Waals surface area contributed by atoms with Crippen molar-refractivity contribution in [2.75, 3.05) is 25.7 Å². The van der Waals surface area contributed by atoms with E-state index in [9.17, 15) is 9.59 Å². The summed E-state index contributed by atoms with van der Waals surface area (Å²) in [6.45, 7) is 6.35. The Morgan fingerprint density at radius 1 is 1.08 bits per heavy atom. The summed E-state index contributed by atoms with van der Waals surface area (Å²) in [5, 5.41) is 0. The monoisotopic (exact) mass is 371 g/mol. The van der Waals surface area contributed by atoms with Crippen LogP contribution in [0.2, 0.25) is 0 Å². The van der Waals surface area contributed by atoms with Crippen LogP contribution in [0.15, 0.2) is 12.2 Å². The highest BCUT2D eigenvalue weighted by atomic mass is 32.2. The molecule has 0 aromatic carbocycles. The van der Waals surface area contributed by atoms with Crippen LogP contribution in [0.3, 0.4) is 0 Å². The number of nitrogens with zero attached hydrogens (tertiary/aromatic N) is 1. The fraction of sp³-hybridized carbons (Fsp3) is 0.800. The lowest BCUT2D eigenvalue weighted by atomic mass is 9.87. The number of thioether (sulfide) groups is 1. The van der Waals surface area contributed by atoms with E-state index < -0.39 is 5.54 Å². The molecule has 0 aliphatic heterocycles. The third kappa shape index (κ3) is 8.30. The van der Waals surface area contributed by atoms with E-state index in [1.165, 1.54) is 7.11 Å². The van der Waals surface area contributed by atoms with Gasteiger partial charge in [0.15, 0.2) is 0 Å². The van der Waals surface area contributed by atoms with Crippen LogP contribution in [-0.4, -0.2) is 48.0 Å². The summed E-state index contributed by atoms with van der Waals surface area (Å²) in [7, 11) is 3.17. The van der Waals surface area contributed by atoms with Gasteiger partial charge in [-0.15, -0.1) is 0 Å². The third-order valence-electron chi connectivity index (χ3n) is 4.57. The molecule has 4 nitrogen and oxygen atoms in total. The van der Waals surface area contributed by atoms with Crippen LogP contribution in [0.4, 0.5) is 0 Å². The maximum atomic E-state index is 12.7. The first-order valence-electron chi connectivity index (χ1n) is 9.57. The van der Waals surface area contributed by atoms with Crippen molar-refractivity contribution in [2.24, 2.45) is 0 Å². The van der Waals surface area contributed by atoms with Gasteiger partial charge in [-0.05, 0) is 30.8 Å². The van der Waals surface area contributed by atoms with E-state index in [0.29, 0.717) is 19.3 Å². The maximum absolute atomic E-state index is 12.7. The standard InChI is InChI=1S/C20H37NO3S/c1-6-9-11-12-13-14-18(22)21(4)20(15-10-7-2,19(23)24-5)16-17-25-8-3/h12-13H,6-11,14-17H2,1-5H3/b13-12+/t20-/m1/s1. The number of esters is 1. The van der Waals surface area contributed by atoms with Crippen LogP contribution >= 0.6 is 11.8 Å². The minimum Gasteiger partial charge on any atom is -0.467 e. The van der Waals surface area contributed by atoms with Gasteiger partial charge in [0, 0.05) is 13.5 Å². The van der Waals surface area contributed by atoms with E-state index in [1.807, 2.05) is 6.08 Å². The molecule has 0 saturated carbocycles. The molecule has 0 rings (SSSR count). The van der Waals surface area contributed by atoms with Gasteiger partial charge in [-0.25, -0.2) is 4.79 Å². The van der Waals surface area contributed by atoms with Gasteiger partial charge >= 0.3 is 5.97 Å². The van der Waals surface area contributed by atoms with Crippen LogP contribution in [-0.2, 0) is 14.3 Å². The van der Waals surface area contributed by atoms with Crippen LogP contribution in [0, 0.1) is 0 Å². The number of rotatable bonds is 14. The second kappa shape index (κ2) is 14.2. The van der Waals surface area contributed by atoms with Gasteiger partial charge in [0.05, 0.1) is 7.11 Å². The van der Waals surface area contributed by atoms with Gasteiger partial charge in [-0.3, -0.25) is 4.79 Å². The Bertz CT molecular complexity index is 412. The van der Waals surface area contributed by atoms with Crippen LogP contribution in [0.1, 0.15) is 72.1 Å². The first-order valence-corrected chi connectivity index (χ1v) is 10.7. The van der Waals surface area contributed by atoms with Crippen molar-refractivity contribution in [1.29, 1.82) is 0 Å². The Hall–Kier alpha value is -0.970. The van der Waals surface area contributed by atoms with Crippen molar-refractivity contribution < 1.29 is 14.3 Å². The van der Waals surface area contributed by atoms with Crippen molar-refractivity contribution in [1.82, 2.24) is 4.90 Å². The smallest absolute Gasteiger partial charge is 0.331 e. The van der Waals surface area contributed by atoms with Gasteiger partial charge in [0.25, 0.3) is 0 Å². The Balaban J connectivity index is 5.19. The summed E-state index contributed by atoms with van der Waals surface area (Å²) in [5.74, 6) is 1.54. The molecule has 0 heterocycles. The molecule has 0 aromatic heterocycles. The molecule has 0 spiro atoms. The van der Waals surface area contributed by atoms with E-state index in [4.69, 9.17) is 4.74 Å².